The number of rotatable bonds is 0. The van der Waals surface area contributed by atoms with Crippen molar-refractivity contribution in [3.05, 3.63) is 18.3 Å². The van der Waals surface area contributed by atoms with Gasteiger partial charge in [-0.25, -0.2) is 0 Å². The molecule has 1 N–H and O–H groups in total. The minimum atomic E-state index is 0.587. The molecule has 0 spiro atoms. The second-order valence-electron chi connectivity index (χ2n) is 2.32. The fourth-order valence-corrected chi connectivity index (χ4v) is 3.44. The maximum atomic E-state index is 3.99. The summed E-state index contributed by atoms with van der Waals surface area (Å²) in [5.41, 5.74) is 1.26. The first kappa shape index (κ1) is 4.94. The van der Waals surface area contributed by atoms with Gasteiger partial charge in [-0.15, -0.1) is 0 Å². The number of aromatic nitrogens is 2. The Morgan fingerprint density at radius 2 is 2.20 bits per heavy atom. The van der Waals surface area contributed by atoms with Gasteiger partial charge in [-0.1, -0.05) is 0 Å². The van der Waals surface area contributed by atoms with Gasteiger partial charge in [0.1, 0.15) is 0 Å². The van der Waals surface area contributed by atoms with Gasteiger partial charge >= 0.3 is 62.5 Å². The quantitative estimate of drug-likeness (QED) is 0.536. The summed E-state index contributed by atoms with van der Waals surface area (Å²) in [7, 11) is 0. The zero-order valence-electron chi connectivity index (χ0n) is 5.09. The van der Waals surface area contributed by atoms with E-state index in [0.717, 1.165) is 0 Å². The molecule has 2 nitrogen and oxygen atoms in total. The van der Waals surface area contributed by atoms with Crippen molar-refractivity contribution in [2.45, 2.75) is 0 Å². The predicted octanol–water partition coefficient (Wildman–Crippen LogP) is 1.21. The Labute approximate surface area is 62.9 Å². The molecule has 0 aliphatic rings. The molecule has 0 amide bonds. The topological polar surface area (TPSA) is 28.7 Å². The van der Waals surface area contributed by atoms with Crippen LogP contribution in [0.3, 0.4) is 0 Å². The Morgan fingerprint density at radius 1 is 1.30 bits per heavy atom. The van der Waals surface area contributed by atoms with Gasteiger partial charge in [0.25, 0.3) is 0 Å². The Kier molecular flexibility index (Phi) is 0.712. The first-order valence-corrected chi connectivity index (χ1v) is 4.80. The van der Waals surface area contributed by atoms with Crippen LogP contribution < -0.4 is 0 Å². The molecule has 0 aromatic carbocycles. The monoisotopic (exact) mass is 196 g/mol. The molecule has 0 radical (unpaired) electrons. The van der Waals surface area contributed by atoms with E-state index in [1.807, 2.05) is 6.20 Å². The van der Waals surface area contributed by atoms with E-state index in [1.165, 1.54) is 19.4 Å². The first-order chi connectivity index (χ1) is 4.95. The number of nitrogens with zero attached hydrogens (tertiary/aromatic N) is 1. The number of aromatic amines is 1. The van der Waals surface area contributed by atoms with Gasteiger partial charge in [0.15, 0.2) is 0 Å². The average molecular weight is 195 g/mol. The van der Waals surface area contributed by atoms with E-state index in [4.69, 9.17) is 0 Å². The van der Waals surface area contributed by atoms with E-state index < -0.39 is 0 Å². The second kappa shape index (κ2) is 1.44. The number of fused-ring (bicyclic) bond motifs is 5. The Morgan fingerprint density at radius 3 is 3.10 bits per heavy atom. The molecule has 2 bridgehead atoms. The van der Waals surface area contributed by atoms with E-state index in [-0.39, 0.29) is 0 Å². The van der Waals surface area contributed by atoms with Gasteiger partial charge in [-0.05, 0) is 0 Å². The number of nitrogens with one attached hydrogen (secondary N) is 1. The summed E-state index contributed by atoms with van der Waals surface area (Å²) in [4.78, 5) is 0. The zero-order chi connectivity index (χ0) is 6.55. The van der Waals surface area contributed by atoms with Crippen LogP contribution in [-0.2, 0) is 0 Å². The Balaban J connectivity index is 2.88. The predicted molar refractivity (Wildman–Crippen MR) is 41.7 cm³/mol. The van der Waals surface area contributed by atoms with Crippen molar-refractivity contribution < 1.29 is 0 Å². The SMILES string of the molecule is c1cc2[se]c1c1cn[nH]c21. The summed E-state index contributed by atoms with van der Waals surface area (Å²) in [5.74, 6) is 0. The molecule has 0 saturated carbocycles. The van der Waals surface area contributed by atoms with E-state index in [0.29, 0.717) is 14.5 Å². The molecular weight excluding hydrogens is 191 g/mol. The van der Waals surface area contributed by atoms with Gasteiger partial charge < -0.3 is 0 Å². The maximum absolute atomic E-state index is 3.99. The van der Waals surface area contributed by atoms with Crippen LogP contribution in [0.1, 0.15) is 0 Å². The summed E-state index contributed by atoms with van der Waals surface area (Å²) < 4.78 is 2.93. The van der Waals surface area contributed by atoms with E-state index in [1.54, 1.807) is 0 Å². The normalized spacial score (nSPS) is 12.0. The fourth-order valence-electron chi connectivity index (χ4n) is 1.28. The fraction of sp³-hybridized carbons (Fsp3) is 0. The summed E-state index contributed by atoms with van der Waals surface area (Å²) >= 11 is 0.587. The molecule has 0 aliphatic heterocycles. The third-order valence-electron chi connectivity index (χ3n) is 1.76. The standard InChI is InChI=1S/C7H4N2Se/c1-2-6-7-4(3-8-9-7)5(1)10-6/h1-3H,(H,8,9). The Bertz CT molecular complexity index is 425. The van der Waals surface area contributed by atoms with Gasteiger partial charge in [-0.3, -0.25) is 0 Å². The molecule has 3 heterocycles. The van der Waals surface area contributed by atoms with Crippen LogP contribution in [0.4, 0.5) is 0 Å². The van der Waals surface area contributed by atoms with Crippen molar-refractivity contribution in [1.29, 1.82) is 0 Å². The van der Waals surface area contributed by atoms with Crippen molar-refractivity contribution in [2.75, 3.05) is 0 Å². The van der Waals surface area contributed by atoms with Crippen LogP contribution in [0.25, 0.3) is 19.4 Å². The van der Waals surface area contributed by atoms with E-state index in [2.05, 4.69) is 22.3 Å². The molecular formula is C7H4N2Se. The third-order valence-corrected chi connectivity index (χ3v) is 4.14. The van der Waals surface area contributed by atoms with Gasteiger partial charge in [0, 0.05) is 0 Å². The number of benzene rings is 1. The van der Waals surface area contributed by atoms with E-state index >= 15 is 0 Å². The summed E-state index contributed by atoms with van der Waals surface area (Å²) in [6.07, 6.45) is 1.92. The van der Waals surface area contributed by atoms with Crippen molar-refractivity contribution >= 4 is 33.9 Å². The second-order valence-corrected chi connectivity index (χ2v) is 4.60. The van der Waals surface area contributed by atoms with E-state index in [9.17, 15) is 0 Å². The average Bonchev–Trinajstić information content (AvgIpc) is 2.60. The van der Waals surface area contributed by atoms with Crippen LogP contribution in [0.2, 0.25) is 0 Å². The third kappa shape index (κ3) is 0.405. The molecule has 0 aliphatic carbocycles. The van der Waals surface area contributed by atoms with Crippen molar-refractivity contribution in [2.24, 2.45) is 0 Å². The molecule has 3 heteroatoms. The molecule has 3 aromatic heterocycles. The number of hydrogen-bond acceptors (Lipinski definition) is 1. The van der Waals surface area contributed by atoms with Crippen LogP contribution in [0, 0.1) is 0 Å². The number of hydrogen-bond donors (Lipinski definition) is 1. The first-order valence-electron chi connectivity index (χ1n) is 3.09. The summed E-state index contributed by atoms with van der Waals surface area (Å²) in [6.45, 7) is 0. The van der Waals surface area contributed by atoms with Gasteiger partial charge in [0.05, 0.1) is 0 Å². The summed E-state index contributed by atoms with van der Waals surface area (Å²) in [5, 5.41) is 8.32. The molecule has 0 atom stereocenters. The molecule has 0 fully saturated rings. The summed E-state index contributed by atoms with van der Waals surface area (Å²) in [6, 6.07) is 4.39. The van der Waals surface area contributed by atoms with Gasteiger partial charge in [-0.2, -0.15) is 0 Å². The zero-order valence-corrected chi connectivity index (χ0v) is 6.80. The molecule has 3 rings (SSSR count). The Hall–Kier alpha value is -0.791. The van der Waals surface area contributed by atoms with Crippen LogP contribution in [0.5, 0.6) is 0 Å². The van der Waals surface area contributed by atoms with Gasteiger partial charge in [0.2, 0.25) is 0 Å². The van der Waals surface area contributed by atoms with Crippen LogP contribution in [-0.4, -0.2) is 24.7 Å². The number of H-pyrrole nitrogens is 1. The molecule has 3 aromatic rings. The van der Waals surface area contributed by atoms with Crippen LogP contribution in [0.15, 0.2) is 18.3 Å². The molecule has 48 valence electrons. The van der Waals surface area contributed by atoms with Crippen molar-refractivity contribution in [1.82, 2.24) is 10.2 Å². The van der Waals surface area contributed by atoms with Crippen LogP contribution >= 0.6 is 0 Å². The molecule has 10 heavy (non-hydrogen) atoms. The minimum absolute atomic E-state index is 0.587. The van der Waals surface area contributed by atoms with Crippen molar-refractivity contribution in [3.8, 4) is 0 Å². The van der Waals surface area contributed by atoms with Crippen molar-refractivity contribution in [3.63, 3.8) is 0 Å². The molecule has 0 unspecified atom stereocenters. The molecule has 0 saturated heterocycles.